The number of hydrogen-bond acceptors (Lipinski definition) is 3. The molecule has 3 saturated carbocycles. The summed E-state index contributed by atoms with van der Waals surface area (Å²) in [7, 11) is 3.61. The van der Waals surface area contributed by atoms with Crippen LogP contribution in [0.5, 0.6) is 0 Å². The molecule has 0 aromatic carbocycles. The van der Waals surface area contributed by atoms with Gasteiger partial charge in [0.15, 0.2) is 5.79 Å². The van der Waals surface area contributed by atoms with Crippen molar-refractivity contribution in [1.82, 2.24) is 0 Å². The standard InChI is InChI=1S/C22H34O3/c1-19-11-12-22(23-3,24-4)13-15(19)5-6-16-17(19)7-9-20(2)18(16)8-10-21(20)14-25-21/h5,16-18H,6-14H2,1-4H3/t16?,17?,18?,19-,20-,21+/m1/s1. The highest BCUT2D eigenvalue weighted by atomic mass is 16.7. The van der Waals surface area contributed by atoms with E-state index in [0.29, 0.717) is 10.8 Å². The first kappa shape index (κ1) is 16.8. The van der Waals surface area contributed by atoms with Crippen LogP contribution in [0.25, 0.3) is 0 Å². The first-order valence-corrected chi connectivity index (χ1v) is 10.4. The van der Waals surface area contributed by atoms with Gasteiger partial charge in [0.2, 0.25) is 0 Å². The quantitative estimate of drug-likeness (QED) is 0.412. The SMILES string of the molecule is COC1(OC)CC[C@]2(C)C(=CCC3C2CC[C@]2(C)C3CC[C@]23CO3)C1. The summed E-state index contributed by atoms with van der Waals surface area (Å²) < 4.78 is 17.6. The van der Waals surface area contributed by atoms with Gasteiger partial charge < -0.3 is 14.2 Å². The second kappa shape index (κ2) is 5.11. The zero-order valence-corrected chi connectivity index (χ0v) is 16.4. The fraction of sp³-hybridized carbons (Fsp3) is 0.909. The van der Waals surface area contributed by atoms with Gasteiger partial charge in [-0.25, -0.2) is 0 Å². The Morgan fingerprint density at radius 3 is 2.40 bits per heavy atom. The average Bonchev–Trinajstić information content (AvgIpc) is 3.35. The zero-order valence-electron chi connectivity index (χ0n) is 16.4. The predicted octanol–water partition coefficient (Wildman–Crippen LogP) is 4.71. The second-order valence-electron chi connectivity index (χ2n) is 10.0. The number of epoxide rings is 1. The molecule has 1 heterocycles. The minimum absolute atomic E-state index is 0.265. The van der Waals surface area contributed by atoms with E-state index in [1.807, 2.05) is 0 Å². The number of ether oxygens (including phenoxy) is 3. The van der Waals surface area contributed by atoms with E-state index >= 15 is 0 Å². The highest BCUT2D eigenvalue weighted by Gasteiger charge is 2.69. The Bertz CT molecular complexity index is 602. The molecular formula is C22H34O3. The molecular weight excluding hydrogens is 312 g/mol. The third-order valence-electron chi connectivity index (χ3n) is 9.64. The molecule has 4 fully saturated rings. The second-order valence-corrected chi connectivity index (χ2v) is 10.0. The highest BCUT2D eigenvalue weighted by molar-refractivity contribution is 5.28. The summed E-state index contributed by atoms with van der Waals surface area (Å²) in [5.41, 5.74) is 2.67. The van der Waals surface area contributed by atoms with Gasteiger partial charge in [-0.15, -0.1) is 0 Å². The molecule has 0 amide bonds. The lowest BCUT2D eigenvalue weighted by Gasteiger charge is -2.59. The van der Waals surface area contributed by atoms with Gasteiger partial charge in [-0.2, -0.15) is 0 Å². The van der Waals surface area contributed by atoms with Gasteiger partial charge in [0, 0.05) is 32.5 Å². The molecule has 0 N–H and O–H groups in total. The molecule has 3 unspecified atom stereocenters. The van der Waals surface area contributed by atoms with Crippen molar-refractivity contribution in [2.45, 2.75) is 76.6 Å². The van der Waals surface area contributed by atoms with E-state index < -0.39 is 0 Å². The van der Waals surface area contributed by atoms with Crippen molar-refractivity contribution in [3.05, 3.63) is 11.6 Å². The van der Waals surface area contributed by atoms with Crippen LogP contribution in [-0.4, -0.2) is 32.2 Å². The van der Waals surface area contributed by atoms with E-state index in [-0.39, 0.29) is 11.4 Å². The van der Waals surface area contributed by atoms with Crippen molar-refractivity contribution in [2.24, 2.45) is 28.6 Å². The molecule has 25 heavy (non-hydrogen) atoms. The lowest BCUT2D eigenvalue weighted by atomic mass is 9.47. The number of fused-ring (bicyclic) bond motifs is 6. The monoisotopic (exact) mass is 346 g/mol. The molecule has 0 aromatic rings. The minimum Gasteiger partial charge on any atom is -0.369 e. The zero-order chi connectivity index (χ0) is 17.5. The van der Waals surface area contributed by atoms with Gasteiger partial charge in [0.1, 0.15) is 0 Å². The van der Waals surface area contributed by atoms with Gasteiger partial charge in [-0.1, -0.05) is 25.5 Å². The van der Waals surface area contributed by atoms with Crippen molar-refractivity contribution in [2.75, 3.05) is 20.8 Å². The van der Waals surface area contributed by atoms with Crippen LogP contribution in [0.2, 0.25) is 0 Å². The predicted molar refractivity (Wildman–Crippen MR) is 97.1 cm³/mol. The normalized spacial score (nSPS) is 53.0. The van der Waals surface area contributed by atoms with E-state index in [4.69, 9.17) is 14.2 Å². The first-order valence-electron chi connectivity index (χ1n) is 10.4. The number of methoxy groups -OCH3 is 2. The molecule has 5 rings (SSSR count). The van der Waals surface area contributed by atoms with E-state index in [0.717, 1.165) is 37.2 Å². The summed E-state index contributed by atoms with van der Waals surface area (Å²) in [6, 6.07) is 0. The van der Waals surface area contributed by atoms with Crippen molar-refractivity contribution in [1.29, 1.82) is 0 Å². The summed E-state index contributed by atoms with van der Waals surface area (Å²) in [6.45, 7) is 6.13. The summed E-state index contributed by atoms with van der Waals surface area (Å²) in [4.78, 5) is 0. The van der Waals surface area contributed by atoms with E-state index in [1.165, 1.54) is 38.5 Å². The maximum absolute atomic E-state index is 6.05. The lowest BCUT2D eigenvalue weighted by molar-refractivity contribution is -0.227. The van der Waals surface area contributed by atoms with Gasteiger partial charge >= 0.3 is 0 Å². The Labute approximate surface area is 152 Å². The fourth-order valence-electron chi connectivity index (χ4n) is 7.69. The van der Waals surface area contributed by atoms with Gasteiger partial charge in [0.25, 0.3) is 0 Å². The largest absolute Gasteiger partial charge is 0.369 e. The summed E-state index contributed by atoms with van der Waals surface area (Å²) in [5, 5.41) is 0. The van der Waals surface area contributed by atoms with Crippen LogP contribution in [-0.2, 0) is 14.2 Å². The van der Waals surface area contributed by atoms with Crippen LogP contribution >= 0.6 is 0 Å². The van der Waals surface area contributed by atoms with Crippen molar-refractivity contribution >= 4 is 0 Å². The van der Waals surface area contributed by atoms with Gasteiger partial charge in [-0.3, -0.25) is 0 Å². The molecule has 1 saturated heterocycles. The molecule has 1 aliphatic heterocycles. The number of hydrogen-bond donors (Lipinski definition) is 0. The van der Waals surface area contributed by atoms with Crippen LogP contribution in [0.3, 0.4) is 0 Å². The summed E-state index contributed by atoms with van der Waals surface area (Å²) in [6.07, 6.45) is 12.4. The molecule has 3 heteroatoms. The molecule has 4 aliphatic carbocycles. The lowest BCUT2D eigenvalue weighted by Crippen LogP contribution is -2.53. The van der Waals surface area contributed by atoms with E-state index in [9.17, 15) is 0 Å². The molecule has 1 spiro atoms. The Kier molecular flexibility index (Phi) is 3.43. The van der Waals surface area contributed by atoms with Crippen LogP contribution in [0.1, 0.15) is 65.2 Å². The van der Waals surface area contributed by atoms with Crippen molar-refractivity contribution < 1.29 is 14.2 Å². The molecule has 3 nitrogen and oxygen atoms in total. The summed E-state index contributed by atoms with van der Waals surface area (Å²) >= 11 is 0. The van der Waals surface area contributed by atoms with Crippen LogP contribution < -0.4 is 0 Å². The van der Waals surface area contributed by atoms with E-state index in [2.05, 4.69) is 19.9 Å². The Balaban J connectivity index is 1.47. The Morgan fingerprint density at radius 2 is 1.72 bits per heavy atom. The minimum atomic E-state index is -0.388. The Hall–Kier alpha value is -0.380. The molecule has 6 atom stereocenters. The molecule has 5 aliphatic rings. The van der Waals surface area contributed by atoms with Crippen LogP contribution in [0, 0.1) is 28.6 Å². The van der Waals surface area contributed by atoms with Gasteiger partial charge in [-0.05, 0) is 61.7 Å². The third kappa shape index (κ3) is 1.98. The Morgan fingerprint density at radius 1 is 1.00 bits per heavy atom. The van der Waals surface area contributed by atoms with Crippen LogP contribution in [0.4, 0.5) is 0 Å². The van der Waals surface area contributed by atoms with Crippen LogP contribution in [0.15, 0.2) is 11.6 Å². The molecule has 0 bridgehead atoms. The molecule has 0 aromatic heterocycles. The number of allylic oxidation sites excluding steroid dienone is 1. The first-order chi connectivity index (χ1) is 11.9. The van der Waals surface area contributed by atoms with Gasteiger partial charge in [0.05, 0.1) is 12.2 Å². The number of rotatable bonds is 2. The fourth-order valence-corrected chi connectivity index (χ4v) is 7.69. The topological polar surface area (TPSA) is 31.0 Å². The maximum Gasteiger partial charge on any atom is 0.171 e. The van der Waals surface area contributed by atoms with E-state index in [1.54, 1.807) is 19.8 Å². The smallest absolute Gasteiger partial charge is 0.171 e. The molecule has 140 valence electrons. The van der Waals surface area contributed by atoms with Crippen molar-refractivity contribution in [3.8, 4) is 0 Å². The molecule has 0 radical (unpaired) electrons. The third-order valence-corrected chi connectivity index (χ3v) is 9.64. The maximum atomic E-state index is 6.05. The average molecular weight is 347 g/mol. The highest BCUT2D eigenvalue weighted by Crippen LogP contribution is 2.70. The summed E-state index contributed by atoms with van der Waals surface area (Å²) in [5.74, 6) is 2.17. The van der Waals surface area contributed by atoms with Crippen molar-refractivity contribution in [3.63, 3.8) is 0 Å².